The molecule has 0 atom stereocenters. The highest BCUT2D eigenvalue weighted by Gasteiger charge is 2.21. The van der Waals surface area contributed by atoms with Crippen molar-refractivity contribution in [2.45, 2.75) is 39.5 Å². The molecule has 0 saturated carbocycles. The van der Waals surface area contributed by atoms with Crippen molar-refractivity contribution >= 4 is 0 Å². The quantitative estimate of drug-likeness (QED) is 0.746. The highest BCUT2D eigenvalue weighted by atomic mass is 16.7. The standard InChI is InChI=1S/C12H17NO2/c1-7(2)9-5-10-12(15-6-14-10)13-11(9)8(3)4/h5,7-8H,6H2,1-4H3. The van der Waals surface area contributed by atoms with E-state index in [0.717, 1.165) is 11.4 Å². The highest BCUT2D eigenvalue weighted by Crippen LogP contribution is 2.36. The van der Waals surface area contributed by atoms with Gasteiger partial charge in [0.05, 0.1) is 5.69 Å². The van der Waals surface area contributed by atoms with Gasteiger partial charge in [-0.1, -0.05) is 27.7 Å². The minimum atomic E-state index is 0.293. The third-order valence-electron chi connectivity index (χ3n) is 2.59. The van der Waals surface area contributed by atoms with Gasteiger partial charge in [0.1, 0.15) is 0 Å². The fraction of sp³-hybridized carbons (Fsp3) is 0.583. The van der Waals surface area contributed by atoms with E-state index in [1.165, 1.54) is 5.56 Å². The van der Waals surface area contributed by atoms with E-state index in [-0.39, 0.29) is 0 Å². The number of ether oxygens (including phenoxy) is 2. The molecule has 3 heteroatoms. The summed E-state index contributed by atoms with van der Waals surface area (Å²) in [5.74, 6) is 2.30. The second kappa shape index (κ2) is 3.72. The third-order valence-corrected chi connectivity index (χ3v) is 2.59. The van der Waals surface area contributed by atoms with Gasteiger partial charge in [0.2, 0.25) is 6.79 Å². The lowest BCUT2D eigenvalue weighted by atomic mass is 9.95. The molecule has 0 spiro atoms. The Bertz CT molecular complexity index is 337. The van der Waals surface area contributed by atoms with Crippen LogP contribution >= 0.6 is 0 Å². The van der Waals surface area contributed by atoms with Gasteiger partial charge < -0.3 is 9.47 Å². The van der Waals surface area contributed by atoms with Crippen molar-refractivity contribution in [3.63, 3.8) is 0 Å². The third kappa shape index (κ3) is 1.78. The molecule has 1 aliphatic rings. The number of rotatable bonds is 2. The molecule has 0 fully saturated rings. The minimum Gasteiger partial charge on any atom is -0.452 e. The summed E-state index contributed by atoms with van der Waals surface area (Å²) in [7, 11) is 0. The Morgan fingerprint density at radius 1 is 1.13 bits per heavy atom. The second-order valence-electron chi connectivity index (χ2n) is 4.48. The lowest BCUT2D eigenvalue weighted by Gasteiger charge is -2.15. The van der Waals surface area contributed by atoms with Gasteiger partial charge in [-0.2, -0.15) is 0 Å². The molecule has 0 unspecified atom stereocenters. The molecule has 2 heterocycles. The van der Waals surface area contributed by atoms with Crippen LogP contribution in [-0.2, 0) is 0 Å². The molecular weight excluding hydrogens is 190 g/mol. The van der Waals surface area contributed by atoms with E-state index < -0.39 is 0 Å². The van der Waals surface area contributed by atoms with Crippen LogP contribution in [0.5, 0.6) is 11.6 Å². The summed E-state index contributed by atoms with van der Waals surface area (Å²) in [6.07, 6.45) is 0. The van der Waals surface area contributed by atoms with Gasteiger partial charge in [-0.25, -0.2) is 4.98 Å². The van der Waals surface area contributed by atoms with E-state index in [1.54, 1.807) is 0 Å². The molecule has 0 radical (unpaired) electrons. The van der Waals surface area contributed by atoms with Crippen molar-refractivity contribution in [1.29, 1.82) is 0 Å². The minimum absolute atomic E-state index is 0.293. The molecule has 0 N–H and O–H groups in total. The highest BCUT2D eigenvalue weighted by molar-refractivity contribution is 5.43. The summed E-state index contributed by atoms with van der Waals surface area (Å²) in [6.45, 7) is 8.93. The van der Waals surface area contributed by atoms with Crippen molar-refractivity contribution in [1.82, 2.24) is 4.98 Å². The van der Waals surface area contributed by atoms with Crippen LogP contribution in [0.4, 0.5) is 0 Å². The number of hydrogen-bond donors (Lipinski definition) is 0. The number of fused-ring (bicyclic) bond motifs is 1. The van der Waals surface area contributed by atoms with Gasteiger partial charge in [-0.3, -0.25) is 0 Å². The van der Waals surface area contributed by atoms with Crippen LogP contribution in [-0.4, -0.2) is 11.8 Å². The lowest BCUT2D eigenvalue weighted by molar-refractivity contribution is 0.171. The normalized spacial score (nSPS) is 14.0. The summed E-state index contributed by atoms with van der Waals surface area (Å²) in [6, 6.07) is 2.06. The Kier molecular flexibility index (Phi) is 2.55. The van der Waals surface area contributed by atoms with Crippen LogP contribution < -0.4 is 9.47 Å². The molecule has 0 aliphatic carbocycles. The van der Waals surface area contributed by atoms with Crippen molar-refractivity contribution in [3.8, 4) is 11.6 Å². The number of aromatic nitrogens is 1. The van der Waals surface area contributed by atoms with Crippen LogP contribution in [0.1, 0.15) is 50.8 Å². The van der Waals surface area contributed by atoms with Crippen molar-refractivity contribution in [2.24, 2.45) is 0 Å². The largest absolute Gasteiger partial charge is 0.452 e. The molecule has 0 amide bonds. The zero-order valence-electron chi connectivity index (χ0n) is 9.70. The first-order valence-electron chi connectivity index (χ1n) is 5.40. The monoisotopic (exact) mass is 207 g/mol. The average Bonchev–Trinajstić information content (AvgIpc) is 2.61. The van der Waals surface area contributed by atoms with E-state index >= 15 is 0 Å². The first kappa shape index (κ1) is 10.3. The maximum atomic E-state index is 5.34. The van der Waals surface area contributed by atoms with E-state index in [9.17, 15) is 0 Å². The van der Waals surface area contributed by atoms with Gasteiger partial charge in [0.25, 0.3) is 5.88 Å². The van der Waals surface area contributed by atoms with E-state index in [0.29, 0.717) is 24.5 Å². The number of nitrogens with zero attached hydrogens (tertiary/aromatic N) is 1. The average molecular weight is 207 g/mol. The van der Waals surface area contributed by atoms with Gasteiger partial charge in [0.15, 0.2) is 5.75 Å². The van der Waals surface area contributed by atoms with E-state index in [1.807, 2.05) is 0 Å². The number of pyridine rings is 1. The molecule has 1 aliphatic heterocycles. The van der Waals surface area contributed by atoms with E-state index in [4.69, 9.17) is 9.47 Å². The van der Waals surface area contributed by atoms with Crippen LogP contribution in [0.2, 0.25) is 0 Å². The number of hydrogen-bond acceptors (Lipinski definition) is 3. The SMILES string of the molecule is CC(C)c1cc2c(nc1C(C)C)OCO2. The van der Waals surface area contributed by atoms with Crippen molar-refractivity contribution in [3.05, 3.63) is 17.3 Å². The predicted octanol–water partition coefficient (Wildman–Crippen LogP) is 3.06. The maximum Gasteiger partial charge on any atom is 0.260 e. The van der Waals surface area contributed by atoms with Crippen LogP contribution in [0.3, 0.4) is 0 Å². The first-order chi connectivity index (χ1) is 7.09. The van der Waals surface area contributed by atoms with Crippen LogP contribution in [0.25, 0.3) is 0 Å². The Hall–Kier alpha value is -1.25. The van der Waals surface area contributed by atoms with Gasteiger partial charge in [-0.05, 0) is 23.5 Å². The van der Waals surface area contributed by atoms with Gasteiger partial charge >= 0.3 is 0 Å². The molecule has 15 heavy (non-hydrogen) atoms. The Balaban J connectivity index is 2.52. The zero-order chi connectivity index (χ0) is 11.0. The Labute approximate surface area is 90.4 Å². The summed E-state index contributed by atoms with van der Waals surface area (Å²) < 4.78 is 10.6. The maximum absolute atomic E-state index is 5.34. The fourth-order valence-corrected chi connectivity index (χ4v) is 1.79. The van der Waals surface area contributed by atoms with Crippen LogP contribution in [0, 0.1) is 0 Å². The van der Waals surface area contributed by atoms with Crippen molar-refractivity contribution in [2.75, 3.05) is 6.79 Å². The first-order valence-corrected chi connectivity index (χ1v) is 5.40. The molecule has 0 saturated heterocycles. The summed E-state index contributed by atoms with van der Waals surface area (Å²) in [4.78, 5) is 4.53. The molecule has 1 aromatic heterocycles. The molecule has 0 bridgehead atoms. The topological polar surface area (TPSA) is 31.4 Å². The Morgan fingerprint density at radius 3 is 2.47 bits per heavy atom. The Morgan fingerprint density at radius 2 is 1.87 bits per heavy atom. The molecule has 82 valence electrons. The zero-order valence-corrected chi connectivity index (χ0v) is 9.70. The summed E-state index contributed by atoms with van der Waals surface area (Å²) in [5.41, 5.74) is 2.38. The lowest BCUT2D eigenvalue weighted by Crippen LogP contribution is -2.02. The molecule has 0 aromatic carbocycles. The van der Waals surface area contributed by atoms with E-state index in [2.05, 4.69) is 38.7 Å². The fourth-order valence-electron chi connectivity index (χ4n) is 1.79. The smallest absolute Gasteiger partial charge is 0.260 e. The molecule has 3 nitrogen and oxygen atoms in total. The molecule has 1 aromatic rings. The molecule has 2 rings (SSSR count). The summed E-state index contributed by atoms with van der Waals surface area (Å²) in [5, 5.41) is 0. The van der Waals surface area contributed by atoms with Gasteiger partial charge in [-0.15, -0.1) is 0 Å². The second-order valence-corrected chi connectivity index (χ2v) is 4.48. The van der Waals surface area contributed by atoms with Crippen molar-refractivity contribution < 1.29 is 9.47 Å². The molecular formula is C12H17NO2. The summed E-state index contributed by atoms with van der Waals surface area (Å²) >= 11 is 0. The predicted molar refractivity (Wildman–Crippen MR) is 58.5 cm³/mol. The van der Waals surface area contributed by atoms with Gasteiger partial charge in [0, 0.05) is 0 Å². The van der Waals surface area contributed by atoms with Crippen LogP contribution in [0.15, 0.2) is 6.07 Å².